The summed E-state index contributed by atoms with van der Waals surface area (Å²) in [7, 11) is 0. The van der Waals surface area contributed by atoms with Gasteiger partial charge in [0.15, 0.2) is 6.61 Å². The Kier molecular flexibility index (Phi) is 5.39. The van der Waals surface area contributed by atoms with Crippen molar-refractivity contribution < 1.29 is 14.3 Å². The molecule has 1 heterocycles. The van der Waals surface area contributed by atoms with Crippen molar-refractivity contribution in [3.05, 3.63) is 21.9 Å². The number of hydrogen-bond donors (Lipinski definition) is 1. The molecule has 116 valence electrons. The van der Waals surface area contributed by atoms with Crippen molar-refractivity contribution in [2.45, 2.75) is 46.1 Å². The fourth-order valence-corrected chi connectivity index (χ4v) is 3.63. The third kappa shape index (κ3) is 4.06. The molecule has 0 aromatic carbocycles. The Morgan fingerprint density at radius 3 is 2.81 bits per heavy atom. The molecule has 0 radical (unpaired) electrons. The lowest BCUT2D eigenvalue weighted by Crippen LogP contribution is -2.45. The van der Waals surface area contributed by atoms with Gasteiger partial charge in [0.1, 0.15) is 4.88 Å². The van der Waals surface area contributed by atoms with E-state index in [1.54, 1.807) is 0 Å². The number of rotatable bonds is 4. The van der Waals surface area contributed by atoms with Crippen LogP contribution in [0.25, 0.3) is 0 Å². The van der Waals surface area contributed by atoms with E-state index in [2.05, 4.69) is 19.2 Å². The fraction of sp³-hybridized carbons (Fsp3) is 0.625. The molecule has 1 aromatic rings. The molecule has 4 nitrogen and oxygen atoms in total. The Bertz CT molecular complexity index is 511. The van der Waals surface area contributed by atoms with E-state index in [1.165, 1.54) is 17.8 Å². The van der Waals surface area contributed by atoms with E-state index < -0.39 is 5.97 Å². The van der Waals surface area contributed by atoms with Gasteiger partial charge in [-0.05, 0) is 42.2 Å². The van der Waals surface area contributed by atoms with E-state index in [0.29, 0.717) is 16.7 Å². The zero-order valence-electron chi connectivity index (χ0n) is 12.8. The van der Waals surface area contributed by atoms with Crippen LogP contribution in [-0.2, 0) is 9.53 Å². The largest absolute Gasteiger partial charge is 0.451 e. The van der Waals surface area contributed by atoms with Crippen LogP contribution >= 0.6 is 11.3 Å². The second kappa shape index (κ2) is 7.07. The summed E-state index contributed by atoms with van der Waals surface area (Å²) in [5.74, 6) is 0.476. The predicted octanol–water partition coefficient (Wildman–Crippen LogP) is 3.15. The molecule has 1 aromatic heterocycles. The first-order valence-corrected chi connectivity index (χ1v) is 8.37. The summed E-state index contributed by atoms with van der Waals surface area (Å²) in [5.41, 5.74) is 0.889. The summed E-state index contributed by atoms with van der Waals surface area (Å²) < 4.78 is 5.09. The van der Waals surface area contributed by atoms with Crippen LogP contribution in [0.3, 0.4) is 0 Å². The van der Waals surface area contributed by atoms with Crippen LogP contribution in [0.15, 0.2) is 11.4 Å². The second-order valence-corrected chi connectivity index (χ2v) is 6.87. The molecule has 0 unspecified atom stereocenters. The van der Waals surface area contributed by atoms with Crippen LogP contribution in [0, 0.1) is 18.8 Å². The smallest absolute Gasteiger partial charge is 0.349 e. The Morgan fingerprint density at radius 1 is 1.38 bits per heavy atom. The molecule has 1 fully saturated rings. The predicted molar refractivity (Wildman–Crippen MR) is 83.4 cm³/mol. The van der Waals surface area contributed by atoms with Gasteiger partial charge in [-0.25, -0.2) is 4.79 Å². The molecule has 21 heavy (non-hydrogen) atoms. The van der Waals surface area contributed by atoms with E-state index in [9.17, 15) is 9.59 Å². The number of nitrogens with one attached hydrogen (secondary N) is 1. The van der Waals surface area contributed by atoms with Crippen molar-refractivity contribution in [2.24, 2.45) is 11.8 Å². The maximum Gasteiger partial charge on any atom is 0.349 e. The van der Waals surface area contributed by atoms with Gasteiger partial charge in [-0.2, -0.15) is 0 Å². The van der Waals surface area contributed by atoms with Crippen LogP contribution < -0.4 is 5.32 Å². The second-order valence-electron chi connectivity index (χ2n) is 5.95. The average molecular weight is 309 g/mol. The van der Waals surface area contributed by atoms with Crippen molar-refractivity contribution in [3.63, 3.8) is 0 Å². The van der Waals surface area contributed by atoms with Crippen LogP contribution in [0.4, 0.5) is 0 Å². The van der Waals surface area contributed by atoms with Crippen LogP contribution in [0.2, 0.25) is 0 Å². The summed E-state index contributed by atoms with van der Waals surface area (Å²) in [6.45, 7) is 6.06. The number of amides is 1. The maximum absolute atomic E-state index is 11.9. The molecule has 0 bridgehead atoms. The zero-order valence-corrected chi connectivity index (χ0v) is 13.7. The van der Waals surface area contributed by atoms with Crippen LogP contribution in [0.1, 0.15) is 48.3 Å². The Balaban J connectivity index is 1.80. The molecule has 5 heteroatoms. The minimum absolute atomic E-state index is 0.198. The van der Waals surface area contributed by atoms with Gasteiger partial charge >= 0.3 is 5.97 Å². The van der Waals surface area contributed by atoms with Gasteiger partial charge < -0.3 is 10.1 Å². The van der Waals surface area contributed by atoms with E-state index in [1.807, 2.05) is 18.4 Å². The van der Waals surface area contributed by atoms with Crippen molar-refractivity contribution in [1.29, 1.82) is 0 Å². The van der Waals surface area contributed by atoms with Gasteiger partial charge in [-0.15, -0.1) is 11.3 Å². The SMILES string of the molecule is Cc1ccsc1C(=O)OCC(=O)N[C@H]1CCC[C@@H](C)[C@H]1C. The lowest BCUT2D eigenvalue weighted by atomic mass is 9.78. The molecule has 0 saturated heterocycles. The quantitative estimate of drug-likeness (QED) is 0.869. The molecule has 1 N–H and O–H groups in total. The van der Waals surface area contributed by atoms with Gasteiger partial charge in [-0.1, -0.05) is 26.7 Å². The Labute approximate surface area is 129 Å². The summed E-state index contributed by atoms with van der Waals surface area (Å²) in [6.07, 6.45) is 3.38. The topological polar surface area (TPSA) is 55.4 Å². The molecule has 2 rings (SSSR count). The Morgan fingerprint density at radius 2 is 2.14 bits per heavy atom. The van der Waals surface area contributed by atoms with Gasteiger partial charge in [0.2, 0.25) is 0 Å². The molecule has 1 saturated carbocycles. The number of carbonyl (C=O) groups is 2. The standard InChI is InChI=1S/C16H23NO3S/c1-10-5-4-6-13(12(10)3)17-14(18)9-20-16(19)15-11(2)7-8-21-15/h7-8,10,12-13H,4-6,9H2,1-3H3,(H,17,18)/t10-,12-,13+/m1/s1. The van der Waals surface area contributed by atoms with E-state index >= 15 is 0 Å². The van der Waals surface area contributed by atoms with Gasteiger partial charge in [-0.3, -0.25) is 4.79 Å². The first kappa shape index (κ1) is 16.0. The van der Waals surface area contributed by atoms with E-state index in [0.717, 1.165) is 18.4 Å². The summed E-state index contributed by atoms with van der Waals surface area (Å²) >= 11 is 1.34. The molecular weight excluding hydrogens is 286 g/mol. The van der Waals surface area contributed by atoms with Crippen LogP contribution in [-0.4, -0.2) is 24.5 Å². The molecule has 1 aliphatic carbocycles. The monoisotopic (exact) mass is 309 g/mol. The number of carbonyl (C=O) groups excluding carboxylic acids is 2. The Hall–Kier alpha value is -1.36. The minimum atomic E-state index is -0.414. The average Bonchev–Trinajstić information content (AvgIpc) is 2.87. The first-order valence-electron chi connectivity index (χ1n) is 7.49. The highest BCUT2D eigenvalue weighted by Gasteiger charge is 2.28. The number of aryl methyl sites for hydroxylation is 1. The van der Waals surface area contributed by atoms with E-state index in [4.69, 9.17) is 4.74 Å². The number of thiophene rings is 1. The van der Waals surface area contributed by atoms with Crippen molar-refractivity contribution >= 4 is 23.2 Å². The van der Waals surface area contributed by atoms with Crippen LogP contribution in [0.5, 0.6) is 0 Å². The van der Waals surface area contributed by atoms with Crippen molar-refractivity contribution in [2.75, 3.05) is 6.61 Å². The highest BCUT2D eigenvalue weighted by atomic mass is 32.1. The summed E-state index contributed by atoms with van der Waals surface area (Å²) in [4.78, 5) is 24.4. The molecule has 0 spiro atoms. The number of esters is 1. The lowest BCUT2D eigenvalue weighted by Gasteiger charge is -2.34. The lowest BCUT2D eigenvalue weighted by molar-refractivity contribution is -0.125. The molecule has 1 amide bonds. The maximum atomic E-state index is 11.9. The molecule has 3 atom stereocenters. The fourth-order valence-electron chi connectivity index (χ4n) is 2.81. The molecule has 1 aliphatic rings. The third-order valence-electron chi connectivity index (χ3n) is 4.44. The van der Waals surface area contributed by atoms with Gasteiger partial charge in [0.25, 0.3) is 5.91 Å². The van der Waals surface area contributed by atoms with Crippen molar-refractivity contribution in [3.8, 4) is 0 Å². The molecular formula is C16H23NO3S. The number of hydrogen-bond acceptors (Lipinski definition) is 4. The van der Waals surface area contributed by atoms with Gasteiger partial charge in [0, 0.05) is 6.04 Å². The minimum Gasteiger partial charge on any atom is -0.451 e. The van der Waals surface area contributed by atoms with Gasteiger partial charge in [0.05, 0.1) is 0 Å². The normalized spacial score (nSPS) is 25.4. The third-order valence-corrected chi connectivity index (χ3v) is 5.43. The summed E-state index contributed by atoms with van der Waals surface area (Å²) in [6, 6.07) is 2.07. The highest BCUT2D eigenvalue weighted by Crippen LogP contribution is 2.29. The first-order chi connectivity index (χ1) is 9.99. The summed E-state index contributed by atoms with van der Waals surface area (Å²) in [5, 5.41) is 4.85. The van der Waals surface area contributed by atoms with E-state index in [-0.39, 0.29) is 18.6 Å². The molecule has 0 aliphatic heterocycles. The zero-order chi connectivity index (χ0) is 15.4. The number of ether oxygens (including phenoxy) is 1. The highest BCUT2D eigenvalue weighted by molar-refractivity contribution is 7.12. The van der Waals surface area contributed by atoms with Crippen molar-refractivity contribution in [1.82, 2.24) is 5.32 Å².